The fourth-order valence-electron chi connectivity index (χ4n) is 2.50. The topological polar surface area (TPSA) is 105 Å². The van der Waals surface area contributed by atoms with Gasteiger partial charge in [0.2, 0.25) is 0 Å². The van der Waals surface area contributed by atoms with Gasteiger partial charge in [-0.15, -0.1) is 10.2 Å². The number of rotatable bonds is 5. The third-order valence-electron chi connectivity index (χ3n) is 3.74. The van der Waals surface area contributed by atoms with Crippen molar-refractivity contribution in [3.05, 3.63) is 59.0 Å². The second-order valence-corrected chi connectivity index (χ2v) is 6.08. The van der Waals surface area contributed by atoms with E-state index in [9.17, 15) is 13.6 Å². The Balaban J connectivity index is 2.01. The van der Waals surface area contributed by atoms with Crippen LogP contribution in [0.5, 0.6) is 0 Å². The van der Waals surface area contributed by atoms with E-state index < -0.39 is 17.7 Å². The van der Waals surface area contributed by atoms with Crippen molar-refractivity contribution < 1.29 is 18.7 Å². The molecule has 0 fully saturated rings. The molecule has 0 aliphatic carbocycles. The summed E-state index contributed by atoms with van der Waals surface area (Å²) >= 11 is 0. The summed E-state index contributed by atoms with van der Waals surface area (Å²) in [6.07, 6.45) is -1.39. The number of nitrogens with one attached hydrogen (secondary N) is 1. The van der Waals surface area contributed by atoms with E-state index >= 15 is 0 Å². The number of hydrogen-bond acceptors (Lipinski definition) is 5. The van der Waals surface area contributed by atoms with E-state index in [0.29, 0.717) is 23.2 Å². The molecule has 140 valence electrons. The number of hydrazone groups is 1. The molecule has 3 aromatic rings. The van der Waals surface area contributed by atoms with Crippen molar-refractivity contribution in [2.75, 3.05) is 0 Å². The van der Waals surface area contributed by atoms with E-state index in [1.54, 1.807) is 16.6 Å². The standard InChI is InChI=1S/C17H16F2N6O2/c1-9(2)16-22-21-15-6-4-11(24-25(15)16)8-14(20-23-17(26)27)12-5-3-10(18)7-13(12)19/h3-7,9,23H,8H2,1-2H3,(H,26,27)/b20-14-. The zero-order valence-corrected chi connectivity index (χ0v) is 14.5. The Bertz CT molecular complexity index is 1030. The Hall–Kier alpha value is -3.43. The fourth-order valence-corrected chi connectivity index (χ4v) is 2.50. The molecular weight excluding hydrogens is 358 g/mol. The lowest BCUT2D eigenvalue weighted by atomic mass is 10.0. The first kappa shape index (κ1) is 18.4. The maximum Gasteiger partial charge on any atom is 0.425 e. The molecule has 0 saturated heterocycles. The summed E-state index contributed by atoms with van der Waals surface area (Å²) in [4.78, 5) is 10.8. The van der Waals surface area contributed by atoms with Crippen molar-refractivity contribution in [3.63, 3.8) is 0 Å². The molecule has 3 rings (SSSR count). The van der Waals surface area contributed by atoms with Gasteiger partial charge in [-0.25, -0.2) is 19.0 Å². The molecule has 0 atom stereocenters. The molecule has 2 heterocycles. The number of carbonyl (C=O) groups is 1. The first-order chi connectivity index (χ1) is 12.8. The quantitative estimate of drug-likeness (QED) is 0.528. The molecule has 0 radical (unpaired) electrons. The minimum atomic E-state index is -1.40. The molecule has 1 aromatic carbocycles. The molecule has 10 heteroatoms. The summed E-state index contributed by atoms with van der Waals surface area (Å²) in [5.74, 6) is -0.859. The highest BCUT2D eigenvalue weighted by molar-refractivity contribution is 6.02. The minimum absolute atomic E-state index is 0.00842. The van der Waals surface area contributed by atoms with Crippen LogP contribution in [0.25, 0.3) is 5.65 Å². The van der Waals surface area contributed by atoms with E-state index in [1.807, 2.05) is 19.3 Å². The van der Waals surface area contributed by atoms with Crippen LogP contribution in [0.1, 0.15) is 36.8 Å². The van der Waals surface area contributed by atoms with Gasteiger partial charge in [0.1, 0.15) is 11.6 Å². The second kappa shape index (κ2) is 7.44. The van der Waals surface area contributed by atoms with Gasteiger partial charge in [0.15, 0.2) is 11.5 Å². The van der Waals surface area contributed by atoms with Gasteiger partial charge < -0.3 is 5.11 Å². The molecule has 8 nitrogen and oxygen atoms in total. The summed E-state index contributed by atoms with van der Waals surface area (Å²) in [5.41, 5.74) is 2.92. The maximum absolute atomic E-state index is 14.2. The molecule has 0 aliphatic heterocycles. The minimum Gasteiger partial charge on any atom is -0.464 e. The first-order valence-corrected chi connectivity index (χ1v) is 8.07. The Morgan fingerprint density at radius 3 is 2.70 bits per heavy atom. The second-order valence-electron chi connectivity index (χ2n) is 6.08. The molecule has 27 heavy (non-hydrogen) atoms. The molecule has 2 aromatic heterocycles. The van der Waals surface area contributed by atoms with Crippen molar-refractivity contribution in [2.45, 2.75) is 26.2 Å². The highest BCUT2D eigenvalue weighted by Crippen LogP contribution is 2.16. The van der Waals surface area contributed by atoms with Crippen molar-refractivity contribution in [3.8, 4) is 0 Å². The van der Waals surface area contributed by atoms with Crippen LogP contribution in [-0.4, -0.2) is 36.7 Å². The summed E-state index contributed by atoms with van der Waals surface area (Å²) in [7, 11) is 0. The van der Waals surface area contributed by atoms with Crippen LogP contribution < -0.4 is 5.43 Å². The summed E-state index contributed by atoms with van der Waals surface area (Å²) in [6, 6.07) is 6.33. The highest BCUT2D eigenvalue weighted by Gasteiger charge is 2.16. The maximum atomic E-state index is 14.2. The van der Waals surface area contributed by atoms with Gasteiger partial charge in [-0.1, -0.05) is 13.8 Å². The smallest absolute Gasteiger partial charge is 0.425 e. The monoisotopic (exact) mass is 374 g/mol. The number of hydrogen-bond donors (Lipinski definition) is 2. The largest absolute Gasteiger partial charge is 0.464 e. The molecule has 2 N–H and O–H groups in total. The highest BCUT2D eigenvalue weighted by atomic mass is 19.1. The van der Waals surface area contributed by atoms with Crippen LogP contribution in [-0.2, 0) is 6.42 Å². The van der Waals surface area contributed by atoms with E-state index in [4.69, 9.17) is 5.11 Å². The Kier molecular flexibility index (Phi) is 5.06. The van der Waals surface area contributed by atoms with Crippen LogP contribution in [0, 0.1) is 11.6 Å². The van der Waals surface area contributed by atoms with E-state index in [0.717, 1.165) is 6.07 Å². The third-order valence-corrected chi connectivity index (χ3v) is 3.74. The van der Waals surface area contributed by atoms with E-state index in [-0.39, 0.29) is 23.6 Å². The summed E-state index contributed by atoms with van der Waals surface area (Å²) in [6.45, 7) is 3.89. The number of benzene rings is 1. The molecule has 0 spiro atoms. The van der Waals surface area contributed by atoms with Crippen molar-refractivity contribution >= 4 is 17.5 Å². The van der Waals surface area contributed by atoms with Crippen LogP contribution in [0.2, 0.25) is 0 Å². The van der Waals surface area contributed by atoms with Crippen LogP contribution in [0.4, 0.5) is 13.6 Å². The predicted molar refractivity (Wildman–Crippen MR) is 92.6 cm³/mol. The Labute approximate surface area is 152 Å². The Morgan fingerprint density at radius 2 is 2.04 bits per heavy atom. The predicted octanol–water partition coefficient (Wildman–Crippen LogP) is 2.74. The average Bonchev–Trinajstić information content (AvgIpc) is 3.02. The molecule has 0 unspecified atom stereocenters. The van der Waals surface area contributed by atoms with Crippen molar-refractivity contribution in [1.29, 1.82) is 0 Å². The molecule has 0 saturated carbocycles. The molecule has 0 aliphatic rings. The van der Waals surface area contributed by atoms with Crippen LogP contribution in [0.15, 0.2) is 35.4 Å². The number of amides is 1. The number of carboxylic acid groups (broad SMARTS) is 1. The normalized spacial score (nSPS) is 12.0. The lowest BCUT2D eigenvalue weighted by Gasteiger charge is -2.09. The zero-order valence-electron chi connectivity index (χ0n) is 14.5. The van der Waals surface area contributed by atoms with Gasteiger partial charge in [-0.2, -0.15) is 14.7 Å². The molecular formula is C17H16F2N6O2. The van der Waals surface area contributed by atoms with Gasteiger partial charge >= 0.3 is 6.09 Å². The van der Waals surface area contributed by atoms with Gasteiger partial charge in [0.05, 0.1) is 11.4 Å². The van der Waals surface area contributed by atoms with Crippen LogP contribution >= 0.6 is 0 Å². The summed E-state index contributed by atoms with van der Waals surface area (Å²) in [5, 5.41) is 25.1. The lowest BCUT2D eigenvalue weighted by Crippen LogP contribution is -2.20. The summed E-state index contributed by atoms with van der Waals surface area (Å²) < 4.78 is 28.9. The van der Waals surface area contributed by atoms with E-state index in [1.165, 1.54) is 6.07 Å². The third kappa shape index (κ3) is 4.05. The fraction of sp³-hybridized carbons (Fsp3) is 0.235. The number of halogens is 2. The zero-order chi connectivity index (χ0) is 19.6. The molecule has 0 bridgehead atoms. The van der Waals surface area contributed by atoms with Crippen LogP contribution in [0.3, 0.4) is 0 Å². The average molecular weight is 374 g/mol. The first-order valence-electron chi connectivity index (χ1n) is 8.07. The number of aromatic nitrogens is 4. The Morgan fingerprint density at radius 1 is 1.26 bits per heavy atom. The van der Waals surface area contributed by atoms with Crippen molar-refractivity contribution in [1.82, 2.24) is 25.2 Å². The van der Waals surface area contributed by atoms with Gasteiger partial charge in [-0.3, -0.25) is 0 Å². The van der Waals surface area contributed by atoms with E-state index in [2.05, 4.69) is 20.4 Å². The van der Waals surface area contributed by atoms with Gasteiger partial charge in [0.25, 0.3) is 0 Å². The van der Waals surface area contributed by atoms with Crippen molar-refractivity contribution in [2.24, 2.45) is 5.10 Å². The number of fused-ring (bicyclic) bond motifs is 1. The molecule has 1 amide bonds. The van der Waals surface area contributed by atoms with Gasteiger partial charge in [0, 0.05) is 24.0 Å². The number of nitrogens with zero attached hydrogens (tertiary/aromatic N) is 5. The van der Waals surface area contributed by atoms with Gasteiger partial charge in [-0.05, 0) is 24.3 Å². The SMILES string of the molecule is CC(C)c1nnc2ccc(C/C(=N/NC(=O)O)c3ccc(F)cc3F)nn12. The lowest BCUT2D eigenvalue weighted by molar-refractivity contribution is 0.195.